The lowest BCUT2D eigenvalue weighted by Crippen LogP contribution is -2.17. The van der Waals surface area contributed by atoms with Gasteiger partial charge in [0.1, 0.15) is 0 Å². The second-order valence-corrected chi connectivity index (χ2v) is 12.8. The van der Waals surface area contributed by atoms with Gasteiger partial charge in [0, 0.05) is 16.1 Å². The highest BCUT2D eigenvalue weighted by molar-refractivity contribution is 7.73. The topological polar surface area (TPSA) is 4.93 Å². The van der Waals surface area contributed by atoms with Crippen molar-refractivity contribution in [1.82, 2.24) is 4.57 Å². The zero-order valence-corrected chi connectivity index (χ0v) is 21.7. The maximum absolute atomic E-state index is 5.92. The highest BCUT2D eigenvalue weighted by Crippen LogP contribution is 2.39. The monoisotopic (exact) mass is 449 g/mol. The summed E-state index contributed by atoms with van der Waals surface area (Å²) in [6, 6.07) is 13.9. The van der Waals surface area contributed by atoms with Gasteiger partial charge in [0.15, 0.2) is 3.95 Å². The lowest BCUT2D eigenvalue weighted by Gasteiger charge is -2.27. The molecule has 0 unspecified atom stereocenters. The minimum atomic E-state index is 0.0951. The van der Waals surface area contributed by atoms with Crippen LogP contribution in [0.4, 0.5) is 0 Å². The molecule has 0 atom stereocenters. The van der Waals surface area contributed by atoms with E-state index in [9.17, 15) is 0 Å². The molecule has 0 saturated heterocycles. The third-order valence-corrected chi connectivity index (χ3v) is 7.97. The normalized spacial score (nSPS) is 14.5. The Bertz CT molecular complexity index is 1150. The standard InChI is InChI=1S/C28H35NS2/c1-18-11-10-12-22(25(18)29-23-13-8-9-14-24(23)31-26(29)30)19-15-20(27(2,3)4)17-21(16-19)28(5,6)7/h10-12,15-17H,8-9,13-14H2,1-7H3. The molecule has 0 saturated carbocycles. The first-order chi connectivity index (χ1) is 14.5. The zero-order chi connectivity index (χ0) is 22.6. The number of rotatable bonds is 2. The van der Waals surface area contributed by atoms with E-state index in [4.69, 9.17) is 12.2 Å². The summed E-state index contributed by atoms with van der Waals surface area (Å²) in [5.74, 6) is 0. The predicted molar refractivity (Wildman–Crippen MR) is 139 cm³/mol. The highest BCUT2D eigenvalue weighted by Gasteiger charge is 2.24. The van der Waals surface area contributed by atoms with Crippen LogP contribution >= 0.6 is 23.6 Å². The van der Waals surface area contributed by atoms with Gasteiger partial charge in [0.2, 0.25) is 0 Å². The number of aromatic nitrogens is 1. The lowest BCUT2D eigenvalue weighted by atomic mass is 9.78. The van der Waals surface area contributed by atoms with E-state index < -0.39 is 0 Å². The molecule has 1 aliphatic carbocycles. The summed E-state index contributed by atoms with van der Waals surface area (Å²) >= 11 is 7.74. The van der Waals surface area contributed by atoms with E-state index in [0.29, 0.717) is 0 Å². The first-order valence-electron chi connectivity index (χ1n) is 11.5. The molecule has 0 aliphatic heterocycles. The molecule has 0 fully saturated rings. The molecule has 2 aromatic carbocycles. The minimum absolute atomic E-state index is 0.0951. The van der Waals surface area contributed by atoms with Gasteiger partial charge < -0.3 is 0 Å². The number of nitrogens with zero attached hydrogens (tertiary/aromatic N) is 1. The summed E-state index contributed by atoms with van der Waals surface area (Å²) in [5.41, 5.74) is 9.57. The van der Waals surface area contributed by atoms with Crippen molar-refractivity contribution in [1.29, 1.82) is 0 Å². The van der Waals surface area contributed by atoms with Crippen molar-refractivity contribution in [2.45, 2.75) is 85.0 Å². The quantitative estimate of drug-likeness (QED) is 0.354. The van der Waals surface area contributed by atoms with Crippen molar-refractivity contribution in [3.05, 3.63) is 67.6 Å². The van der Waals surface area contributed by atoms with Gasteiger partial charge in [0.25, 0.3) is 0 Å². The first kappa shape index (κ1) is 22.5. The molecule has 1 heterocycles. The Morgan fingerprint density at radius 3 is 2.10 bits per heavy atom. The third kappa shape index (κ3) is 4.32. The van der Waals surface area contributed by atoms with E-state index in [1.165, 1.54) is 63.3 Å². The molecule has 0 bridgehead atoms. The second-order valence-electron chi connectivity index (χ2n) is 11.1. The predicted octanol–water partition coefficient (Wildman–Crippen LogP) is 8.72. The van der Waals surface area contributed by atoms with Crippen LogP contribution in [0.25, 0.3) is 16.8 Å². The summed E-state index contributed by atoms with van der Waals surface area (Å²) in [5, 5.41) is 0. The van der Waals surface area contributed by atoms with Crippen LogP contribution in [0.5, 0.6) is 0 Å². The summed E-state index contributed by atoms with van der Waals surface area (Å²) in [6.07, 6.45) is 4.84. The van der Waals surface area contributed by atoms with Crippen molar-refractivity contribution < 1.29 is 0 Å². The lowest BCUT2D eigenvalue weighted by molar-refractivity contribution is 0.569. The molecule has 4 rings (SSSR count). The maximum Gasteiger partial charge on any atom is 0.166 e. The van der Waals surface area contributed by atoms with Gasteiger partial charge in [-0.15, -0.1) is 11.3 Å². The van der Waals surface area contributed by atoms with Crippen LogP contribution in [0.2, 0.25) is 0 Å². The number of benzene rings is 2. The van der Waals surface area contributed by atoms with Crippen LogP contribution in [0.1, 0.15) is 81.6 Å². The fourth-order valence-electron chi connectivity index (χ4n) is 4.53. The van der Waals surface area contributed by atoms with Crippen molar-refractivity contribution >= 4 is 23.6 Å². The Morgan fingerprint density at radius 1 is 0.871 bits per heavy atom. The van der Waals surface area contributed by atoms with Crippen LogP contribution < -0.4 is 0 Å². The zero-order valence-electron chi connectivity index (χ0n) is 20.1. The van der Waals surface area contributed by atoms with Gasteiger partial charge in [-0.05, 0) is 77.9 Å². The Hall–Kier alpha value is -1.71. The van der Waals surface area contributed by atoms with Crippen LogP contribution in [0, 0.1) is 10.9 Å². The van der Waals surface area contributed by atoms with Crippen LogP contribution in [0.15, 0.2) is 36.4 Å². The van der Waals surface area contributed by atoms with Gasteiger partial charge >= 0.3 is 0 Å². The number of thiazole rings is 1. The number of para-hydroxylation sites is 1. The molecule has 0 radical (unpaired) electrons. The van der Waals surface area contributed by atoms with E-state index in [1.54, 1.807) is 0 Å². The van der Waals surface area contributed by atoms with Crippen molar-refractivity contribution in [2.24, 2.45) is 0 Å². The maximum atomic E-state index is 5.92. The summed E-state index contributed by atoms with van der Waals surface area (Å²) in [4.78, 5) is 1.49. The molecule has 0 N–H and O–H groups in total. The van der Waals surface area contributed by atoms with E-state index in [1.807, 2.05) is 11.3 Å². The molecule has 0 spiro atoms. The van der Waals surface area contributed by atoms with Crippen molar-refractivity contribution in [2.75, 3.05) is 0 Å². The number of hydrogen-bond donors (Lipinski definition) is 0. The van der Waals surface area contributed by atoms with Gasteiger partial charge in [0.05, 0.1) is 5.69 Å². The molecule has 0 amide bonds. The number of aryl methyl sites for hydroxylation is 2. The van der Waals surface area contributed by atoms with E-state index in [2.05, 4.69) is 89.4 Å². The molecule has 1 nitrogen and oxygen atoms in total. The van der Waals surface area contributed by atoms with E-state index in [-0.39, 0.29) is 10.8 Å². The molecule has 1 aromatic heterocycles. The van der Waals surface area contributed by atoms with Gasteiger partial charge in [-0.2, -0.15) is 0 Å². The van der Waals surface area contributed by atoms with Crippen molar-refractivity contribution in [3.8, 4) is 16.8 Å². The molecule has 3 aromatic rings. The second kappa shape index (κ2) is 8.01. The average molecular weight is 450 g/mol. The Morgan fingerprint density at radius 2 is 1.48 bits per heavy atom. The average Bonchev–Trinajstić information content (AvgIpc) is 3.01. The fourth-order valence-corrected chi connectivity index (χ4v) is 6.10. The third-order valence-electron chi connectivity index (χ3n) is 6.49. The smallest absolute Gasteiger partial charge is 0.166 e. The molecule has 164 valence electrons. The first-order valence-corrected chi connectivity index (χ1v) is 12.7. The highest BCUT2D eigenvalue weighted by atomic mass is 32.1. The number of fused-ring (bicyclic) bond motifs is 1. The van der Waals surface area contributed by atoms with E-state index in [0.717, 1.165) is 10.4 Å². The Balaban J connectivity index is 2.02. The summed E-state index contributed by atoms with van der Waals surface area (Å²) in [7, 11) is 0. The van der Waals surface area contributed by atoms with Crippen molar-refractivity contribution in [3.63, 3.8) is 0 Å². The molecular formula is C28H35NS2. The molecule has 1 aliphatic rings. The molecular weight excluding hydrogens is 414 g/mol. The van der Waals surface area contributed by atoms with Crippen LogP contribution in [-0.2, 0) is 23.7 Å². The Labute approximate surface area is 197 Å². The van der Waals surface area contributed by atoms with Gasteiger partial charge in [-0.1, -0.05) is 77.9 Å². The molecule has 31 heavy (non-hydrogen) atoms. The molecule has 3 heteroatoms. The largest absolute Gasteiger partial charge is 0.295 e. The van der Waals surface area contributed by atoms with Crippen LogP contribution in [0.3, 0.4) is 0 Å². The van der Waals surface area contributed by atoms with Gasteiger partial charge in [-0.3, -0.25) is 4.57 Å². The van der Waals surface area contributed by atoms with Crippen LogP contribution in [-0.4, -0.2) is 4.57 Å². The van der Waals surface area contributed by atoms with Gasteiger partial charge in [-0.25, -0.2) is 0 Å². The Kier molecular flexibility index (Phi) is 5.81. The van der Waals surface area contributed by atoms with E-state index >= 15 is 0 Å². The summed E-state index contributed by atoms with van der Waals surface area (Å²) < 4.78 is 3.39. The SMILES string of the molecule is Cc1cccc(-c2cc(C(C)(C)C)cc(C(C)(C)C)c2)c1-n1c2c(sc1=S)CCCC2. The summed E-state index contributed by atoms with van der Waals surface area (Å²) in [6.45, 7) is 16.1. The fraction of sp³-hybridized carbons (Fsp3) is 0.464. The number of hydrogen-bond acceptors (Lipinski definition) is 2. The minimum Gasteiger partial charge on any atom is -0.295 e.